The number of allylic oxidation sites excluding steroid dienone is 1. The van der Waals surface area contributed by atoms with Crippen LogP contribution in [0.25, 0.3) is 0 Å². The molecule has 7 heteroatoms. The van der Waals surface area contributed by atoms with E-state index in [1.807, 2.05) is 13.0 Å². The molecular formula is C18H18N2O3S2. The molecule has 130 valence electrons. The SMILES string of the molecule is CCOC(=O)c1c(C)sc2c1OC(N)=C(C#N)C2c1ccc(CC)s1. The van der Waals surface area contributed by atoms with E-state index in [2.05, 4.69) is 19.1 Å². The van der Waals surface area contributed by atoms with Gasteiger partial charge in [-0.25, -0.2) is 4.79 Å². The number of fused-ring (bicyclic) bond motifs is 1. The summed E-state index contributed by atoms with van der Waals surface area (Å²) in [5.41, 5.74) is 6.80. The third kappa shape index (κ3) is 2.92. The summed E-state index contributed by atoms with van der Waals surface area (Å²) in [4.78, 5) is 16.2. The second-order valence-corrected chi connectivity index (χ2v) is 7.99. The fourth-order valence-corrected chi connectivity index (χ4v) is 5.20. The first-order chi connectivity index (χ1) is 12.0. The highest BCUT2D eigenvalue weighted by Crippen LogP contribution is 2.50. The third-order valence-electron chi connectivity index (χ3n) is 4.01. The number of carbonyl (C=O) groups excluding carboxylic acids is 1. The highest BCUT2D eigenvalue weighted by Gasteiger charge is 2.37. The van der Waals surface area contributed by atoms with Crippen molar-refractivity contribution in [3.63, 3.8) is 0 Å². The van der Waals surface area contributed by atoms with Gasteiger partial charge in [-0.3, -0.25) is 0 Å². The molecule has 1 aliphatic rings. The van der Waals surface area contributed by atoms with Crippen LogP contribution in [0.3, 0.4) is 0 Å². The molecule has 0 saturated carbocycles. The van der Waals surface area contributed by atoms with Crippen LogP contribution in [0.4, 0.5) is 0 Å². The molecule has 1 aliphatic heterocycles. The number of rotatable bonds is 4. The number of thiophene rings is 2. The lowest BCUT2D eigenvalue weighted by atomic mass is 9.93. The summed E-state index contributed by atoms with van der Waals surface area (Å²) >= 11 is 3.10. The van der Waals surface area contributed by atoms with Gasteiger partial charge in [0.15, 0.2) is 5.75 Å². The van der Waals surface area contributed by atoms with E-state index in [1.165, 1.54) is 16.2 Å². The standard InChI is InChI=1S/C18H18N2O3S2/c1-4-10-6-7-12(25-10)14-11(8-19)17(20)23-15-13(18(21)22-5-2)9(3)24-16(14)15/h6-7,14H,4-5,20H2,1-3H3. The minimum atomic E-state index is -0.426. The molecule has 0 aromatic carbocycles. The van der Waals surface area contributed by atoms with Crippen LogP contribution in [-0.4, -0.2) is 12.6 Å². The van der Waals surface area contributed by atoms with Gasteiger partial charge in [-0.05, 0) is 32.4 Å². The molecule has 2 N–H and O–H groups in total. The minimum absolute atomic E-state index is 0.0507. The Morgan fingerprint density at radius 3 is 2.76 bits per heavy atom. The van der Waals surface area contributed by atoms with Gasteiger partial charge < -0.3 is 15.2 Å². The molecule has 2 aromatic rings. The van der Waals surface area contributed by atoms with Gasteiger partial charge in [0.05, 0.1) is 17.4 Å². The Kier molecular flexibility index (Phi) is 4.84. The zero-order chi connectivity index (χ0) is 18.1. The maximum Gasteiger partial charge on any atom is 0.343 e. The minimum Gasteiger partial charge on any atom is -0.462 e. The number of nitriles is 1. The quantitative estimate of drug-likeness (QED) is 0.815. The molecule has 5 nitrogen and oxygen atoms in total. The number of ether oxygens (including phenoxy) is 2. The van der Waals surface area contributed by atoms with Crippen molar-refractivity contribution < 1.29 is 14.3 Å². The smallest absolute Gasteiger partial charge is 0.343 e. The van der Waals surface area contributed by atoms with Crippen molar-refractivity contribution in [1.29, 1.82) is 5.26 Å². The van der Waals surface area contributed by atoms with Gasteiger partial charge in [0.2, 0.25) is 5.88 Å². The number of nitrogens with zero attached hydrogens (tertiary/aromatic N) is 1. The highest BCUT2D eigenvalue weighted by atomic mass is 32.1. The number of aryl methyl sites for hydroxylation is 2. The molecule has 0 spiro atoms. The van der Waals surface area contributed by atoms with Crippen molar-refractivity contribution in [2.24, 2.45) is 5.73 Å². The molecule has 25 heavy (non-hydrogen) atoms. The molecule has 0 fully saturated rings. The molecule has 0 radical (unpaired) electrons. The van der Waals surface area contributed by atoms with Crippen molar-refractivity contribution in [1.82, 2.24) is 0 Å². The maximum absolute atomic E-state index is 12.3. The summed E-state index contributed by atoms with van der Waals surface area (Å²) in [6.45, 7) is 5.99. The average molecular weight is 374 g/mol. The Morgan fingerprint density at radius 1 is 1.40 bits per heavy atom. The van der Waals surface area contributed by atoms with Crippen molar-refractivity contribution in [2.75, 3.05) is 6.61 Å². The van der Waals surface area contributed by atoms with E-state index >= 15 is 0 Å². The first kappa shape index (κ1) is 17.5. The second-order valence-electron chi connectivity index (χ2n) is 5.53. The predicted octanol–water partition coefficient (Wildman–Crippen LogP) is 4.08. The molecule has 0 amide bonds. The van der Waals surface area contributed by atoms with Crippen LogP contribution < -0.4 is 10.5 Å². The van der Waals surface area contributed by atoms with E-state index in [-0.39, 0.29) is 18.4 Å². The molecule has 1 atom stereocenters. The van der Waals surface area contributed by atoms with Crippen LogP contribution in [0, 0.1) is 18.3 Å². The summed E-state index contributed by atoms with van der Waals surface area (Å²) in [6.07, 6.45) is 0.930. The summed E-state index contributed by atoms with van der Waals surface area (Å²) in [7, 11) is 0. The topological polar surface area (TPSA) is 85.3 Å². The fraction of sp³-hybridized carbons (Fsp3) is 0.333. The molecule has 3 heterocycles. The Hall–Kier alpha value is -2.30. The van der Waals surface area contributed by atoms with Gasteiger partial charge in [0, 0.05) is 14.6 Å². The van der Waals surface area contributed by atoms with E-state index in [4.69, 9.17) is 15.2 Å². The van der Waals surface area contributed by atoms with Crippen LogP contribution in [0.2, 0.25) is 0 Å². The van der Waals surface area contributed by atoms with E-state index < -0.39 is 5.97 Å². The first-order valence-corrected chi connectivity index (χ1v) is 9.61. The van der Waals surface area contributed by atoms with E-state index in [0.717, 1.165) is 21.1 Å². The Balaban J connectivity index is 2.18. The van der Waals surface area contributed by atoms with Gasteiger partial charge in [-0.2, -0.15) is 5.26 Å². The second kappa shape index (κ2) is 6.90. The van der Waals surface area contributed by atoms with Crippen LogP contribution in [0.5, 0.6) is 5.75 Å². The maximum atomic E-state index is 12.3. The number of esters is 1. The summed E-state index contributed by atoms with van der Waals surface area (Å²) in [5, 5.41) is 9.60. The van der Waals surface area contributed by atoms with Gasteiger partial charge in [-0.1, -0.05) is 6.92 Å². The number of hydrogen-bond acceptors (Lipinski definition) is 7. The van der Waals surface area contributed by atoms with Crippen LogP contribution in [-0.2, 0) is 11.2 Å². The van der Waals surface area contributed by atoms with Crippen LogP contribution >= 0.6 is 22.7 Å². The Bertz CT molecular complexity index is 902. The first-order valence-electron chi connectivity index (χ1n) is 7.98. The monoisotopic (exact) mass is 374 g/mol. The third-order valence-corrected chi connectivity index (χ3v) is 6.46. The lowest BCUT2D eigenvalue weighted by Gasteiger charge is -2.23. The zero-order valence-electron chi connectivity index (χ0n) is 14.2. The lowest BCUT2D eigenvalue weighted by Crippen LogP contribution is -2.20. The molecule has 0 aliphatic carbocycles. The van der Waals surface area contributed by atoms with Crippen molar-refractivity contribution in [3.8, 4) is 11.8 Å². The number of nitrogens with two attached hydrogens (primary N) is 1. The largest absolute Gasteiger partial charge is 0.462 e. The average Bonchev–Trinajstić information content (AvgIpc) is 3.17. The van der Waals surface area contributed by atoms with Crippen LogP contribution in [0.15, 0.2) is 23.6 Å². The molecule has 2 aromatic heterocycles. The van der Waals surface area contributed by atoms with Gasteiger partial charge in [0.1, 0.15) is 17.2 Å². The lowest BCUT2D eigenvalue weighted by molar-refractivity contribution is 0.0522. The Labute approximate surface area is 154 Å². The summed E-state index contributed by atoms with van der Waals surface area (Å²) in [5.74, 6) is -0.250. The molecule has 0 saturated heterocycles. The summed E-state index contributed by atoms with van der Waals surface area (Å²) < 4.78 is 10.8. The molecule has 1 unspecified atom stereocenters. The number of hydrogen-bond donors (Lipinski definition) is 1. The van der Waals surface area contributed by atoms with Gasteiger partial charge >= 0.3 is 5.97 Å². The highest BCUT2D eigenvalue weighted by molar-refractivity contribution is 7.14. The summed E-state index contributed by atoms with van der Waals surface area (Å²) in [6, 6.07) is 6.26. The van der Waals surface area contributed by atoms with E-state index in [0.29, 0.717) is 16.9 Å². The van der Waals surface area contributed by atoms with Gasteiger partial charge in [-0.15, -0.1) is 22.7 Å². The normalized spacial score (nSPS) is 16.2. The molecule has 3 rings (SSSR count). The van der Waals surface area contributed by atoms with Crippen molar-refractivity contribution in [3.05, 3.63) is 48.7 Å². The number of carbonyl (C=O) groups is 1. The molecular weight excluding hydrogens is 356 g/mol. The predicted molar refractivity (Wildman–Crippen MR) is 98.0 cm³/mol. The Morgan fingerprint density at radius 2 is 2.16 bits per heavy atom. The van der Waals surface area contributed by atoms with E-state index in [1.54, 1.807) is 18.3 Å². The fourth-order valence-electron chi connectivity index (χ4n) is 2.85. The van der Waals surface area contributed by atoms with Gasteiger partial charge in [0.25, 0.3) is 0 Å². The van der Waals surface area contributed by atoms with E-state index in [9.17, 15) is 10.1 Å². The van der Waals surface area contributed by atoms with Crippen LogP contribution in [0.1, 0.15) is 49.6 Å². The van der Waals surface area contributed by atoms with Crippen molar-refractivity contribution >= 4 is 28.6 Å². The zero-order valence-corrected chi connectivity index (χ0v) is 15.8. The van der Waals surface area contributed by atoms with Crippen molar-refractivity contribution in [2.45, 2.75) is 33.1 Å². The molecule has 0 bridgehead atoms.